The molecule has 1 atom stereocenters. The molecular formula is C19H21N3O6. The van der Waals surface area contributed by atoms with Crippen LogP contribution in [0.15, 0.2) is 34.9 Å². The molecule has 0 saturated carbocycles. The number of carbonyl (C=O) groups is 1. The summed E-state index contributed by atoms with van der Waals surface area (Å²) >= 11 is 0. The van der Waals surface area contributed by atoms with Gasteiger partial charge in [0, 0.05) is 11.6 Å². The van der Waals surface area contributed by atoms with Crippen LogP contribution in [0.5, 0.6) is 5.75 Å². The molecule has 1 unspecified atom stereocenters. The normalized spacial score (nSPS) is 16.6. The molecule has 2 rings (SSSR count). The molecule has 3 N–H and O–H groups in total. The van der Waals surface area contributed by atoms with Crippen LogP contribution < -0.4 is 5.73 Å². The number of ether oxygens (including phenoxy) is 2. The van der Waals surface area contributed by atoms with Crippen molar-refractivity contribution in [2.75, 3.05) is 6.61 Å². The molecule has 9 heteroatoms. The van der Waals surface area contributed by atoms with Gasteiger partial charge in [-0.2, -0.15) is 5.26 Å². The van der Waals surface area contributed by atoms with Crippen molar-refractivity contribution in [3.05, 3.63) is 56.2 Å². The van der Waals surface area contributed by atoms with E-state index < -0.39 is 28.2 Å². The van der Waals surface area contributed by atoms with E-state index in [-0.39, 0.29) is 40.9 Å². The van der Waals surface area contributed by atoms with Gasteiger partial charge in [0.15, 0.2) is 5.75 Å². The first-order chi connectivity index (χ1) is 13.1. The van der Waals surface area contributed by atoms with Crippen LogP contribution in [-0.2, 0) is 14.3 Å². The molecular weight excluding hydrogens is 366 g/mol. The average Bonchev–Trinajstić information content (AvgIpc) is 2.61. The molecule has 28 heavy (non-hydrogen) atoms. The highest BCUT2D eigenvalue weighted by molar-refractivity contribution is 5.93. The van der Waals surface area contributed by atoms with Gasteiger partial charge in [-0.05, 0) is 25.3 Å². The van der Waals surface area contributed by atoms with Gasteiger partial charge in [-0.3, -0.25) is 10.1 Å². The van der Waals surface area contributed by atoms with Gasteiger partial charge in [-0.25, -0.2) is 4.79 Å². The van der Waals surface area contributed by atoms with E-state index in [1.165, 1.54) is 19.1 Å². The summed E-state index contributed by atoms with van der Waals surface area (Å²) < 4.78 is 10.4. The van der Waals surface area contributed by atoms with Gasteiger partial charge in [0.05, 0.1) is 23.0 Å². The maximum Gasteiger partial charge on any atom is 0.338 e. The first-order valence-corrected chi connectivity index (χ1v) is 8.60. The molecule has 0 radical (unpaired) electrons. The Hall–Kier alpha value is -3.54. The first kappa shape index (κ1) is 20.8. The number of nitrogens with zero attached hydrogens (tertiary/aromatic N) is 2. The predicted octanol–water partition coefficient (Wildman–Crippen LogP) is 3.07. The van der Waals surface area contributed by atoms with Crippen LogP contribution in [0.25, 0.3) is 0 Å². The highest BCUT2D eigenvalue weighted by atomic mass is 16.6. The van der Waals surface area contributed by atoms with Crippen molar-refractivity contribution in [3.63, 3.8) is 0 Å². The molecule has 148 valence electrons. The number of hydrogen-bond donors (Lipinski definition) is 2. The van der Waals surface area contributed by atoms with E-state index >= 15 is 0 Å². The molecule has 1 aromatic carbocycles. The van der Waals surface area contributed by atoms with Crippen molar-refractivity contribution in [1.82, 2.24) is 0 Å². The molecule has 0 aliphatic carbocycles. The van der Waals surface area contributed by atoms with E-state index in [0.717, 1.165) is 0 Å². The Kier molecular flexibility index (Phi) is 5.93. The third-order valence-corrected chi connectivity index (χ3v) is 4.42. The molecule has 0 spiro atoms. The van der Waals surface area contributed by atoms with Gasteiger partial charge in [0.1, 0.15) is 17.4 Å². The number of hydrogen-bond acceptors (Lipinski definition) is 8. The van der Waals surface area contributed by atoms with E-state index in [0.29, 0.717) is 5.56 Å². The van der Waals surface area contributed by atoms with E-state index in [1.54, 1.807) is 6.92 Å². The molecule has 0 bridgehead atoms. The van der Waals surface area contributed by atoms with Crippen molar-refractivity contribution in [2.45, 2.75) is 39.5 Å². The van der Waals surface area contributed by atoms with E-state index in [9.17, 15) is 25.3 Å². The van der Waals surface area contributed by atoms with Crippen molar-refractivity contribution in [2.24, 2.45) is 5.73 Å². The molecule has 9 nitrogen and oxygen atoms in total. The van der Waals surface area contributed by atoms with Gasteiger partial charge in [-0.1, -0.05) is 19.9 Å². The molecule has 1 aliphatic heterocycles. The second-order valence-corrected chi connectivity index (χ2v) is 6.50. The largest absolute Gasteiger partial charge is 0.502 e. The Morgan fingerprint density at radius 2 is 2.14 bits per heavy atom. The summed E-state index contributed by atoms with van der Waals surface area (Å²) in [7, 11) is 0. The number of nitro groups is 1. The number of rotatable bonds is 5. The molecule has 1 aliphatic rings. The lowest BCUT2D eigenvalue weighted by molar-refractivity contribution is -0.386. The lowest BCUT2D eigenvalue weighted by atomic mass is 9.81. The van der Waals surface area contributed by atoms with Crippen LogP contribution in [0.4, 0.5) is 5.69 Å². The second-order valence-electron chi connectivity index (χ2n) is 6.50. The van der Waals surface area contributed by atoms with E-state index in [1.807, 2.05) is 19.9 Å². The fourth-order valence-corrected chi connectivity index (χ4v) is 3.02. The highest BCUT2D eigenvalue weighted by Crippen LogP contribution is 2.46. The summed E-state index contributed by atoms with van der Waals surface area (Å²) in [4.78, 5) is 23.3. The molecule has 0 fully saturated rings. The van der Waals surface area contributed by atoms with Gasteiger partial charge in [0.2, 0.25) is 5.88 Å². The minimum atomic E-state index is -1.16. The maximum atomic E-state index is 12.6. The van der Waals surface area contributed by atoms with Crippen LogP contribution in [0.3, 0.4) is 0 Å². The van der Waals surface area contributed by atoms with Gasteiger partial charge in [0.25, 0.3) is 0 Å². The smallest absolute Gasteiger partial charge is 0.338 e. The number of phenolic OH excluding ortho intramolecular Hbond substituents is 1. The summed E-state index contributed by atoms with van der Waals surface area (Å²) in [6.45, 7) is 6.81. The minimum absolute atomic E-state index is 0.0168. The lowest BCUT2D eigenvalue weighted by Crippen LogP contribution is -2.25. The summed E-state index contributed by atoms with van der Waals surface area (Å²) in [6.07, 6.45) is 0. The average molecular weight is 387 g/mol. The van der Waals surface area contributed by atoms with Crippen LogP contribution in [0.1, 0.15) is 50.7 Å². The molecule has 0 saturated heterocycles. The standard InChI is InChI=1S/C19H21N3O6/c1-5-27-19(24)15-10(4)28-18(21)13(8-20)16(15)12-6-11(9(2)3)7-14(17(12)23)22(25)26/h6-7,9,16,23H,5,21H2,1-4H3. The number of nitriles is 1. The lowest BCUT2D eigenvalue weighted by Gasteiger charge is -2.27. The zero-order chi connectivity index (χ0) is 21.2. The first-order valence-electron chi connectivity index (χ1n) is 8.60. The number of aromatic hydroxyl groups is 1. The highest BCUT2D eigenvalue weighted by Gasteiger charge is 2.39. The number of allylic oxidation sites excluding steroid dienone is 2. The van der Waals surface area contributed by atoms with Crippen LogP contribution in [0.2, 0.25) is 0 Å². The monoisotopic (exact) mass is 387 g/mol. The Balaban J connectivity index is 2.86. The maximum absolute atomic E-state index is 12.6. The van der Waals surface area contributed by atoms with Crippen molar-refractivity contribution < 1.29 is 24.3 Å². The SMILES string of the molecule is CCOC(=O)C1=C(C)OC(N)=C(C#N)C1c1cc(C(C)C)cc([N+](=O)[O-])c1O. The number of esters is 1. The topological polar surface area (TPSA) is 149 Å². The molecule has 1 aromatic rings. The Bertz CT molecular complexity index is 940. The summed E-state index contributed by atoms with van der Waals surface area (Å²) in [5, 5.41) is 31.6. The zero-order valence-electron chi connectivity index (χ0n) is 16.0. The minimum Gasteiger partial charge on any atom is -0.502 e. The fraction of sp³-hybridized carbons (Fsp3) is 0.368. The number of carbonyl (C=O) groups excluding carboxylic acids is 1. The second kappa shape index (κ2) is 8.00. The number of nitro benzene ring substituents is 1. The van der Waals surface area contributed by atoms with Crippen LogP contribution in [0, 0.1) is 21.4 Å². The number of phenols is 1. The molecule has 0 amide bonds. The van der Waals surface area contributed by atoms with Gasteiger partial charge < -0.3 is 20.3 Å². The predicted molar refractivity (Wildman–Crippen MR) is 98.8 cm³/mol. The molecule has 1 heterocycles. The van der Waals surface area contributed by atoms with Gasteiger partial charge >= 0.3 is 11.7 Å². The molecule has 0 aromatic heterocycles. The zero-order valence-corrected chi connectivity index (χ0v) is 16.0. The third-order valence-electron chi connectivity index (χ3n) is 4.42. The summed E-state index contributed by atoms with van der Waals surface area (Å²) in [5.74, 6) is -2.82. The Morgan fingerprint density at radius 1 is 1.50 bits per heavy atom. The third kappa shape index (κ3) is 3.62. The number of nitrogens with two attached hydrogens (primary N) is 1. The van der Waals surface area contributed by atoms with Gasteiger partial charge in [-0.15, -0.1) is 0 Å². The van der Waals surface area contributed by atoms with Crippen molar-refractivity contribution >= 4 is 11.7 Å². The van der Waals surface area contributed by atoms with Crippen LogP contribution >= 0.6 is 0 Å². The van der Waals surface area contributed by atoms with E-state index in [4.69, 9.17) is 15.2 Å². The van der Waals surface area contributed by atoms with Crippen molar-refractivity contribution in [3.8, 4) is 11.8 Å². The fourth-order valence-electron chi connectivity index (χ4n) is 3.02. The summed E-state index contributed by atoms with van der Waals surface area (Å²) in [5.41, 5.74) is 5.69. The van der Waals surface area contributed by atoms with Crippen LogP contribution in [-0.4, -0.2) is 22.6 Å². The number of benzene rings is 1. The quantitative estimate of drug-likeness (QED) is 0.445. The summed E-state index contributed by atoms with van der Waals surface area (Å²) in [6, 6.07) is 4.68. The Labute approximate surface area is 161 Å². The van der Waals surface area contributed by atoms with Crippen molar-refractivity contribution in [1.29, 1.82) is 5.26 Å². The Morgan fingerprint density at radius 3 is 2.64 bits per heavy atom. The van der Waals surface area contributed by atoms with E-state index in [2.05, 4.69) is 0 Å².